The van der Waals surface area contributed by atoms with Gasteiger partial charge < -0.3 is 54.9 Å². The van der Waals surface area contributed by atoms with Crippen molar-refractivity contribution in [3.05, 3.63) is 48.9 Å². The van der Waals surface area contributed by atoms with Gasteiger partial charge in [0.2, 0.25) is 12.3 Å². The monoisotopic (exact) mass is 1100 g/mol. The van der Waals surface area contributed by atoms with Crippen LogP contribution in [0.2, 0.25) is 0 Å². The highest BCUT2D eigenvalue weighted by molar-refractivity contribution is 7.99. The van der Waals surface area contributed by atoms with Crippen molar-refractivity contribution in [2.75, 3.05) is 48.2 Å². The molecule has 5 heterocycles. The third kappa shape index (κ3) is 15.8. The summed E-state index contributed by atoms with van der Waals surface area (Å²) in [6, 6.07) is 8.10. The molecule has 28 nitrogen and oxygen atoms in total. The van der Waals surface area contributed by atoms with Gasteiger partial charge in [-0.3, -0.25) is 24.1 Å². The van der Waals surface area contributed by atoms with E-state index >= 15 is 0 Å². The van der Waals surface area contributed by atoms with Crippen molar-refractivity contribution < 1.29 is 107 Å². The zero-order chi connectivity index (χ0) is 50.3. The minimum Gasteiger partial charge on any atom is -0.441 e. The van der Waals surface area contributed by atoms with Gasteiger partial charge >= 0.3 is 44.0 Å². The molecule has 12 atom stereocenters. The molecule has 2 aromatic heterocycles. The first-order valence-electron chi connectivity index (χ1n) is 19.6. The summed E-state index contributed by atoms with van der Waals surface area (Å²) >= 11 is 2.16. The van der Waals surface area contributed by atoms with E-state index in [0.717, 1.165) is 28.1 Å². The largest absolute Gasteiger partial charge is 0.708 e. The van der Waals surface area contributed by atoms with Gasteiger partial charge in [-0.1, -0.05) is 30.0 Å². The number of aliphatic hydroxyl groups excluding tert-OH is 3. The maximum atomic E-state index is 12.8. The molecule has 0 spiro atoms. The molecule has 3 aliphatic heterocycles. The van der Waals surface area contributed by atoms with Gasteiger partial charge in [0.1, 0.15) is 24.9 Å². The number of amides is 2. The van der Waals surface area contributed by atoms with Crippen LogP contribution in [-0.4, -0.2) is 153 Å². The highest BCUT2D eigenvalue weighted by atomic mass is 32.2. The fourth-order valence-corrected chi connectivity index (χ4v) is 12.0. The fraction of sp³-hybridized carbons (Fsp3) is 0.531. The quantitative estimate of drug-likeness (QED) is 0.0285. The number of carbonyl (C=O) groups is 2. The topological polar surface area (TPSA) is 381 Å². The summed E-state index contributed by atoms with van der Waals surface area (Å²) in [4.78, 5) is 68.5. The lowest BCUT2D eigenvalue weighted by atomic mass is 10.1. The van der Waals surface area contributed by atoms with Crippen LogP contribution in [0, 0.1) is 0 Å². The van der Waals surface area contributed by atoms with E-state index in [1.165, 1.54) is 11.8 Å². The van der Waals surface area contributed by atoms with Crippen molar-refractivity contribution in [2.24, 2.45) is 0 Å². The molecule has 0 radical (unpaired) electrons. The molecule has 0 bridgehead atoms. The summed E-state index contributed by atoms with van der Waals surface area (Å²) in [7, 11) is -21.7. The van der Waals surface area contributed by atoms with Crippen molar-refractivity contribution >= 4 is 89.9 Å². The zero-order valence-electron chi connectivity index (χ0n) is 35.1. The van der Waals surface area contributed by atoms with Gasteiger partial charge in [0.05, 0.1) is 25.5 Å². The number of phosphoric acid groups is 3. The smallest absolute Gasteiger partial charge is 0.441 e. The minimum atomic E-state index is -6.17. The van der Waals surface area contributed by atoms with Crippen LogP contribution in [0.15, 0.2) is 54.1 Å². The Morgan fingerprint density at radius 2 is 1.72 bits per heavy atom. The average Bonchev–Trinajstić information content (AvgIpc) is 3.93. The number of ether oxygens (including phenoxy) is 3. The molecule has 382 valence electrons. The van der Waals surface area contributed by atoms with Crippen molar-refractivity contribution in [3.63, 3.8) is 0 Å². The van der Waals surface area contributed by atoms with Gasteiger partial charge in [-0.15, -0.1) is 4.52 Å². The van der Waals surface area contributed by atoms with Gasteiger partial charge in [0, 0.05) is 47.0 Å². The SMILES string of the molecule is CSCCNc1nc(SCCC(F)(F)F)nc2c1ncn2C1OC(COP(=O)(O)OP(=O)(O)OP(=O)(O)O[P+](=O)OCC2CC(OC(=O)Nc3ccccc3)C(N3C=CC(=O)NC3O)O2)C(O)C1O. The summed E-state index contributed by atoms with van der Waals surface area (Å²) in [5.41, 5.74) is 0.397. The first-order valence-corrected chi connectivity index (χ1v) is 27.5. The molecule has 2 saturated heterocycles. The summed E-state index contributed by atoms with van der Waals surface area (Å²) in [5, 5.41) is 39.6. The molecule has 1 aromatic carbocycles. The lowest BCUT2D eigenvalue weighted by Crippen LogP contribution is -2.55. The third-order valence-electron chi connectivity index (χ3n) is 9.25. The second-order valence-electron chi connectivity index (χ2n) is 14.3. The number of alkyl halides is 3. The number of nitrogens with one attached hydrogen (secondary N) is 3. The van der Waals surface area contributed by atoms with E-state index in [-0.39, 0.29) is 28.6 Å². The summed E-state index contributed by atoms with van der Waals surface area (Å²) in [6.07, 6.45) is -14.1. The maximum absolute atomic E-state index is 12.8. The maximum Gasteiger partial charge on any atom is 0.708 e. The van der Waals surface area contributed by atoms with E-state index < -0.39 is 125 Å². The summed E-state index contributed by atoms with van der Waals surface area (Å²) in [6.45, 7) is -1.56. The number of rotatable bonds is 23. The highest BCUT2D eigenvalue weighted by Crippen LogP contribution is 2.69. The van der Waals surface area contributed by atoms with E-state index in [9.17, 15) is 71.0 Å². The number of hydrogen-bond donors (Lipinski definition) is 9. The lowest BCUT2D eigenvalue weighted by molar-refractivity contribution is -0.152. The second kappa shape index (κ2) is 23.4. The van der Waals surface area contributed by atoms with Crippen LogP contribution >= 0.6 is 55.2 Å². The predicted molar refractivity (Wildman–Crippen MR) is 230 cm³/mol. The van der Waals surface area contributed by atoms with Gasteiger partial charge in [-0.2, -0.15) is 33.6 Å². The number of imidazole rings is 1. The van der Waals surface area contributed by atoms with Crippen LogP contribution in [0.4, 0.5) is 29.5 Å². The van der Waals surface area contributed by atoms with Crippen molar-refractivity contribution in [2.45, 2.75) is 73.5 Å². The van der Waals surface area contributed by atoms with Crippen LogP contribution in [0.25, 0.3) is 11.2 Å². The Hall–Kier alpha value is -3.39. The number of aromatic nitrogens is 4. The number of para-hydroxylation sites is 1. The molecule has 12 unspecified atom stereocenters. The van der Waals surface area contributed by atoms with Gasteiger partial charge in [-0.25, -0.2) is 33.4 Å². The molecule has 69 heavy (non-hydrogen) atoms. The highest BCUT2D eigenvalue weighted by Gasteiger charge is 2.51. The Morgan fingerprint density at radius 3 is 2.42 bits per heavy atom. The molecule has 0 saturated carbocycles. The molecule has 9 N–H and O–H groups in total. The van der Waals surface area contributed by atoms with E-state index in [0.29, 0.717) is 29.7 Å². The Bertz CT molecular complexity index is 2490. The number of benzene rings is 1. The van der Waals surface area contributed by atoms with Crippen molar-refractivity contribution in [1.29, 1.82) is 0 Å². The molecule has 2 amide bonds. The number of thioether (sulfide) groups is 2. The van der Waals surface area contributed by atoms with Crippen LogP contribution in [0.5, 0.6) is 0 Å². The Kier molecular flexibility index (Phi) is 18.7. The normalized spacial score (nSPS) is 26.8. The van der Waals surface area contributed by atoms with E-state index in [1.807, 2.05) is 6.26 Å². The van der Waals surface area contributed by atoms with E-state index in [1.54, 1.807) is 30.3 Å². The van der Waals surface area contributed by atoms with E-state index in [4.69, 9.17) is 18.7 Å². The first kappa shape index (κ1) is 54.9. The van der Waals surface area contributed by atoms with Crippen LogP contribution in [0.1, 0.15) is 19.1 Å². The molecule has 2 fully saturated rings. The first-order chi connectivity index (χ1) is 32.4. The number of carbonyl (C=O) groups excluding carboxylic acids is 2. The number of halogens is 3. The molecular weight excluding hydrogens is 1060 g/mol. The molecule has 37 heteroatoms. The summed E-state index contributed by atoms with van der Waals surface area (Å²) < 4.78 is 129. The average molecular weight is 1100 g/mol. The number of nitrogens with zero attached hydrogens (tertiary/aromatic N) is 5. The van der Waals surface area contributed by atoms with Gasteiger partial charge in [0.25, 0.3) is 0 Å². The fourth-order valence-electron chi connectivity index (χ4n) is 6.34. The zero-order valence-corrected chi connectivity index (χ0v) is 40.3. The number of phosphoric ester groups is 1. The number of hydrogen-bond acceptors (Lipinski definition) is 24. The molecule has 6 rings (SSSR count). The standard InChI is InChI=1S/C32H41F3N8O20P4S2/c1-68-12-9-36-25-22-26(41-29(40-25)69-11-8-32(33,34)35)43(16-37-22)28-24(46)23(45)20(59-28)15-57-65(50,51)62-67(54,55)63-66(52,53)61-64(49)56-14-18-13-19(60-31(48)38-17-5-3-2-4-6-17)27(58-18)42-10-7-21(44)39-30(42)47/h2-7,10,16,18-20,23-24,27-28,30,45-47H,8-9,11-15H2,1H3,(H5-,36,38,39,40,41,44,48,50,51,52,53,54,55)/p+1. The summed E-state index contributed by atoms with van der Waals surface area (Å²) in [5.74, 6) is -0.364. The molecule has 3 aromatic rings. The molecular formula is C32H42F3N8O20P4S2+. The third-order valence-corrected chi connectivity index (χ3v) is 16.2. The Labute approximate surface area is 396 Å². The van der Waals surface area contributed by atoms with Crippen molar-refractivity contribution in [1.82, 2.24) is 29.7 Å². The van der Waals surface area contributed by atoms with Crippen molar-refractivity contribution in [3.8, 4) is 0 Å². The predicted octanol–water partition coefficient (Wildman–Crippen LogP) is 3.26. The van der Waals surface area contributed by atoms with Gasteiger partial charge in [0.15, 0.2) is 40.7 Å². The number of fused-ring (bicyclic) bond motifs is 1. The van der Waals surface area contributed by atoms with Gasteiger partial charge in [-0.05, 0) is 22.7 Å². The van der Waals surface area contributed by atoms with E-state index in [2.05, 4.69) is 48.4 Å². The number of anilines is 2. The Balaban J connectivity index is 1.02. The van der Waals surface area contributed by atoms with Crippen LogP contribution < -0.4 is 16.0 Å². The minimum absolute atomic E-state index is 0.0608. The lowest BCUT2D eigenvalue weighted by Gasteiger charge is -2.36. The molecule has 3 aliphatic rings. The Morgan fingerprint density at radius 1 is 1.00 bits per heavy atom. The van der Waals surface area contributed by atoms with Crippen LogP contribution in [0.3, 0.4) is 0 Å². The number of aliphatic hydroxyl groups is 3. The molecule has 0 aliphatic carbocycles. The van der Waals surface area contributed by atoms with Crippen LogP contribution in [-0.2, 0) is 59.2 Å². The second-order valence-corrected chi connectivity index (χ2v) is 22.1.